The lowest BCUT2D eigenvalue weighted by Crippen LogP contribution is -2.30. The van der Waals surface area contributed by atoms with E-state index in [1.165, 1.54) is 0 Å². The number of carbonyl (C=O) groups is 1. The normalized spacial score (nSPS) is 33.6. The smallest absolute Gasteiger partial charge is 0.308 e. The zero-order chi connectivity index (χ0) is 7.56. The molecule has 3 unspecified atom stereocenters. The first-order chi connectivity index (χ1) is 4.72. The number of cyclic esters (lactones) is 1. The molecule has 58 valence electrons. The molecule has 0 aliphatic carbocycles. The molecule has 0 spiro atoms. The van der Waals surface area contributed by atoms with Crippen molar-refractivity contribution in [2.45, 2.75) is 32.0 Å². The molecule has 0 radical (unpaired) electrons. The van der Waals surface area contributed by atoms with E-state index >= 15 is 0 Å². The van der Waals surface area contributed by atoms with Crippen LogP contribution < -0.4 is 0 Å². The average molecular weight is 162 g/mol. The van der Waals surface area contributed by atoms with Gasteiger partial charge in [-0.15, -0.1) is 0 Å². The molecule has 4 heteroatoms. The van der Waals surface area contributed by atoms with Crippen molar-refractivity contribution in [3.8, 4) is 0 Å². The fourth-order valence-corrected chi connectivity index (χ4v) is 1.27. The summed E-state index contributed by atoms with van der Waals surface area (Å²) in [5.74, 6) is -0.161. The van der Waals surface area contributed by atoms with Gasteiger partial charge in [0.15, 0.2) is 0 Å². The second-order valence-corrected chi connectivity index (χ2v) is 2.77. The highest BCUT2D eigenvalue weighted by molar-refractivity contribution is 7.09. The number of hydrogen-bond donors (Lipinski definition) is 0. The highest BCUT2D eigenvalue weighted by atomic mass is 31.0. The van der Waals surface area contributed by atoms with Crippen LogP contribution in [0.25, 0.3) is 0 Å². The van der Waals surface area contributed by atoms with Crippen LogP contribution >= 0.6 is 9.47 Å². The van der Waals surface area contributed by atoms with Gasteiger partial charge in [0, 0.05) is 15.9 Å². The Bertz CT molecular complexity index is 137. The Morgan fingerprint density at radius 1 is 1.80 bits per heavy atom. The van der Waals surface area contributed by atoms with E-state index in [2.05, 4.69) is 9.47 Å². The predicted octanol–water partition coefficient (Wildman–Crippen LogP) is 0.887. The molecule has 1 aliphatic rings. The van der Waals surface area contributed by atoms with Crippen molar-refractivity contribution in [1.82, 2.24) is 0 Å². The molecule has 3 atom stereocenters. The topological polar surface area (TPSA) is 35.5 Å². The van der Waals surface area contributed by atoms with Crippen molar-refractivity contribution in [1.29, 1.82) is 0 Å². The predicted molar refractivity (Wildman–Crippen MR) is 39.4 cm³/mol. The van der Waals surface area contributed by atoms with Crippen LogP contribution in [0.5, 0.6) is 0 Å². The van der Waals surface area contributed by atoms with Crippen LogP contribution in [0.15, 0.2) is 0 Å². The van der Waals surface area contributed by atoms with Gasteiger partial charge in [-0.3, -0.25) is 4.79 Å². The molecule has 1 saturated heterocycles. The fraction of sp³-hybridized carbons (Fsp3) is 0.833. The molecule has 1 heterocycles. The molecular formula is C6H11O3P. The molecule has 1 rings (SSSR count). The van der Waals surface area contributed by atoms with Gasteiger partial charge < -0.3 is 9.26 Å². The van der Waals surface area contributed by atoms with E-state index in [0.29, 0.717) is 6.42 Å². The van der Waals surface area contributed by atoms with E-state index in [-0.39, 0.29) is 18.2 Å². The third kappa shape index (κ3) is 1.93. The van der Waals surface area contributed by atoms with Crippen LogP contribution in [0, 0.1) is 0 Å². The lowest BCUT2D eigenvalue weighted by Gasteiger charge is -2.24. The number of esters is 1. The van der Waals surface area contributed by atoms with Gasteiger partial charge in [0.1, 0.15) is 6.10 Å². The molecule has 0 amide bonds. The summed E-state index contributed by atoms with van der Waals surface area (Å²) >= 11 is 0. The van der Waals surface area contributed by atoms with E-state index in [1.807, 2.05) is 6.92 Å². The van der Waals surface area contributed by atoms with Gasteiger partial charge in [-0.05, 0) is 6.92 Å². The summed E-state index contributed by atoms with van der Waals surface area (Å²) < 4.78 is 9.84. The van der Waals surface area contributed by atoms with Crippen LogP contribution in [-0.2, 0) is 14.1 Å². The summed E-state index contributed by atoms with van der Waals surface area (Å²) in [7, 11) is 2.17. The van der Waals surface area contributed by atoms with E-state index in [1.54, 1.807) is 0 Å². The Morgan fingerprint density at radius 2 is 2.50 bits per heavy atom. The van der Waals surface area contributed by atoms with Crippen molar-refractivity contribution < 1.29 is 14.1 Å². The summed E-state index contributed by atoms with van der Waals surface area (Å²) in [5, 5.41) is 0. The maximum atomic E-state index is 10.7. The minimum atomic E-state index is -0.161. The molecule has 1 aliphatic heterocycles. The molecular weight excluding hydrogens is 151 g/mol. The zero-order valence-electron chi connectivity index (χ0n) is 5.87. The standard InChI is InChI=1S/C6H11O3P/c1-4-2-5(9-10)3-6(7)8-4/h4-5H,2-3,10H2,1H3. The van der Waals surface area contributed by atoms with Gasteiger partial charge in [0.25, 0.3) is 0 Å². The summed E-state index contributed by atoms with van der Waals surface area (Å²) in [6, 6.07) is 0. The third-order valence-electron chi connectivity index (χ3n) is 1.51. The second-order valence-electron chi connectivity index (χ2n) is 2.50. The van der Waals surface area contributed by atoms with Crippen LogP contribution in [-0.4, -0.2) is 18.2 Å². The van der Waals surface area contributed by atoms with Gasteiger partial charge in [-0.25, -0.2) is 0 Å². The molecule has 1 fully saturated rings. The maximum Gasteiger partial charge on any atom is 0.308 e. The average Bonchev–Trinajstić information content (AvgIpc) is 1.85. The fourth-order valence-electron chi connectivity index (χ4n) is 1.06. The van der Waals surface area contributed by atoms with Gasteiger partial charge in [-0.1, -0.05) is 0 Å². The zero-order valence-corrected chi connectivity index (χ0v) is 7.03. The summed E-state index contributed by atoms with van der Waals surface area (Å²) in [5.41, 5.74) is 0. The Hall–Kier alpha value is -0.140. The largest absolute Gasteiger partial charge is 0.462 e. The van der Waals surface area contributed by atoms with Crippen LogP contribution in [0.3, 0.4) is 0 Å². The van der Waals surface area contributed by atoms with Crippen molar-refractivity contribution in [3.63, 3.8) is 0 Å². The van der Waals surface area contributed by atoms with Gasteiger partial charge >= 0.3 is 5.97 Å². The SMILES string of the molecule is CC1CC(OP)CC(=O)O1. The van der Waals surface area contributed by atoms with E-state index in [4.69, 9.17) is 9.26 Å². The first kappa shape index (κ1) is 7.96. The molecule has 0 aromatic heterocycles. The quantitative estimate of drug-likeness (QED) is 0.424. The van der Waals surface area contributed by atoms with Crippen LogP contribution in [0.4, 0.5) is 0 Å². The van der Waals surface area contributed by atoms with E-state index < -0.39 is 0 Å². The Balaban J connectivity index is 2.42. The number of hydrogen-bond acceptors (Lipinski definition) is 3. The second kappa shape index (κ2) is 3.31. The van der Waals surface area contributed by atoms with Gasteiger partial charge in [0.2, 0.25) is 0 Å². The Labute approximate surface area is 62.4 Å². The van der Waals surface area contributed by atoms with Crippen LogP contribution in [0.1, 0.15) is 19.8 Å². The molecule has 0 bridgehead atoms. The highest BCUT2D eigenvalue weighted by Gasteiger charge is 2.25. The third-order valence-corrected chi connectivity index (χ3v) is 1.90. The monoisotopic (exact) mass is 162 g/mol. The van der Waals surface area contributed by atoms with Crippen LogP contribution in [0.2, 0.25) is 0 Å². The van der Waals surface area contributed by atoms with Crippen molar-refractivity contribution >= 4 is 15.4 Å². The molecule has 3 nitrogen and oxygen atoms in total. The first-order valence-electron chi connectivity index (χ1n) is 3.27. The molecule has 0 saturated carbocycles. The molecule has 0 aromatic carbocycles. The van der Waals surface area contributed by atoms with E-state index in [0.717, 1.165) is 6.42 Å². The minimum Gasteiger partial charge on any atom is -0.462 e. The van der Waals surface area contributed by atoms with Crippen molar-refractivity contribution in [3.05, 3.63) is 0 Å². The van der Waals surface area contributed by atoms with Gasteiger partial charge in [0.05, 0.1) is 12.5 Å². The number of ether oxygens (including phenoxy) is 1. The molecule has 10 heavy (non-hydrogen) atoms. The molecule has 0 N–H and O–H groups in total. The first-order valence-corrected chi connectivity index (χ1v) is 3.74. The maximum absolute atomic E-state index is 10.7. The summed E-state index contributed by atoms with van der Waals surface area (Å²) in [4.78, 5) is 10.7. The lowest BCUT2D eigenvalue weighted by molar-refractivity contribution is -0.157. The molecule has 0 aromatic rings. The van der Waals surface area contributed by atoms with Gasteiger partial charge in [-0.2, -0.15) is 0 Å². The Kier molecular flexibility index (Phi) is 2.64. The van der Waals surface area contributed by atoms with E-state index in [9.17, 15) is 4.79 Å². The van der Waals surface area contributed by atoms with Crippen molar-refractivity contribution in [2.24, 2.45) is 0 Å². The summed E-state index contributed by atoms with van der Waals surface area (Å²) in [6.07, 6.45) is 1.22. The lowest BCUT2D eigenvalue weighted by atomic mass is 10.1. The van der Waals surface area contributed by atoms with Crippen molar-refractivity contribution in [2.75, 3.05) is 0 Å². The highest BCUT2D eigenvalue weighted by Crippen LogP contribution is 2.18. The number of rotatable bonds is 1. The number of carbonyl (C=O) groups excluding carboxylic acids is 1. The minimum absolute atomic E-state index is 0.00630. The Morgan fingerprint density at radius 3 is 3.00 bits per heavy atom. The summed E-state index contributed by atoms with van der Waals surface area (Å²) in [6.45, 7) is 1.87.